The molecule has 1 aromatic heterocycles. The van der Waals surface area contributed by atoms with Crippen LogP contribution in [-0.4, -0.2) is 27.4 Å². The summed E-state index contributed by atoms with van der Waals surface area (Å²) in [5, 5.41) is 22.0. The zero-order valence-corrected chi connectivity index (χ0v) is 15.7. The number of halogens is 2. The average molecular weight is 400 g/mol. The third-order valence-corrected chi connectivity index (χ3v) is 5.44. The molecule has 0 unspecified atom stereocenters. The van der Waals surface area contributed by atoms with Gasteiger partial charge in [-0.15, -0.1) is 11.3 Å². The highest BCUT2D eigenvalue weighted by atomic mass is 35.5. The SMILES string of the molecule is N=C1C(c2nc(-c3ccc(F)cc3)cs2)=C(O)CN1Cc1ccc(Cl)cc1. The highest BCUT2D eigenvalue weighted by molar-refractivity contribution is 7.11. The standard InChI is InChI=1S/C20H15ClFN3OS/c21-14-5-1-12(2-6-14)9-25-10-17(26)18(19(25)23)20-24-16(11-27-20)13-3-7-15(22)8-4-13/h1-8,11,23,26H,9-10H2. The van der Waals surface area contributed by atoms with Gasteiger partial charge in [0.25, 0.3) is 0 Å². The predicted octanol–water partition coefficient (Wildman–Crippen LogP) is 5.36. The summed E-state index contributed by atoms with van der Waals surface area (Å²) in [5.74, 6) is 0.0707. The molecule has 0 fully saturated rings. The van der Waals surface area contributed by atoms with E-state index in [1.165, 1.54) is 23.5 Å². The molecular formula is C20H15ClFN3OS. The second-order valence-electron chi connectivity index (χ2n) is 6.20. The van der Waals surface area contributed by atoms with Crippen molar-refractivity contribution in [3.63, 3.8) is 0 Å². The molecule has 0 amide bonds. The van der Waals surface area contributed by atoms with Crippen LogP contribution < -0.4 is 0 Å². The fraction of sp³-hybridized carbons (Fsp3) is 0.100. The number of amidine groups is 1. The topological polar surface area (TPSA) is 60.2 Å². The van der Waals surface area contributed by atoms with E-state index in [0.29, 0.717) is 27.8 Å². The van der Waals surface area contributed by atoms with E-state index in [4.69, 9.17) is 17.0 Å². The smallest absolute Gasteiger partial charge is 0.135 e. The number of nitrogens with zero attached hydrogens (tertiary/aromatic N) is 2. The van der Waals surface area contributed by atoms with Crippen LogP contribution in [0.2, 0.25) is 5.02 Å². The van der Waals surface area contributed by atoms with E-state index in [2.05, 4.69) is 4.98 Å². The van der Waals surface area contributed by atoms with E-state index in [1.807, 2.05) is 17.5 Å². The summed E-state index contributed by atoms with van der Waals surface area (Å²) in [6.45, 7) is 0.766. The van der Waals surface area contributed by atoms with Gasteiger partial charge in [0.05, 0.1) is 17.8 Å². The van der Waals surface area contributed by atoms with Crippen molar-refractivity contribution in [2.75, 3.05) is 6.54 Å². The number of hydrogen-bond acceptors (Lipinski definition) is 4. The van der Waals surface area contributed by atoms with Gasteiger partial charge in [-0.05, 0) is 42.0 Å². The number of hydrogen-bond donors (Lipinski definition) is 2. The van der Waals surface area contributed by atoms with Crippen molar-refractivity contribution in [3.05, 3.63) is 81.1 Å². The number of aliphatic hydroxyl groups is 1. The average Bonchev–Trinajstić information content (AvgIpc) is 3.22. The van der Waals surface area contributed by atoms with E-state index in [1.54, 1.807) is 29.2 Å². The summed E-state index contributed by atoms with van der Waals surface area (Å²) in [6, 6.07) is 13.5. The summed E-state index contributed by atoms with van der Waals surface area (Å²) < 4.78 is 13.1. The molecule has 0 spiro atoms. The molecule has 0 aliphatic carbocycles. The van der Waals surface area contributed by atoms with Crippen molar-refractivity contribution in [2.45, 2.75) is 6.54 Å². The summed E-state index contributed by atoms with van der Waals surface area (Å²) in [6.07, 6.45) is 0. The second-order valence-corrected chi connectivity index (χ2v) is 7.49. The molecule has 3 aromatic rings. The van der Waals surface area contributed by atoms with Crippen molar-refractivity contribution < 1.29 is 9.50 Å². The Balaban J connectivity index is 1.55. The zero-order valence-electron chi connectivity index (χ0n) is 14.1. The van der Waals surface area contributed by atoms with Gasteiger partial charge < -0.3 is 10.0 Å². The molecule has 0 radical (unpaired) electrons. The van der Waals surface area contributed by atoms with E-state index >= 15 is 0 Å². The molecule has 4 rings (SSSR count). The number of aliphatic hydroxyl groups excluding tert-OH is 1. The predicted molar refractivity (Wildman–Crippen MR) is 107 cm³/mol. The molecule has 0 bridgehead atoms. The molecule has 0 atom stereocenters. The van der Waals surface area contributed by atoms with Gasteiger partial charge in [0.15, 0.2) is 0 Å². The van der Waals surface area contributed by atoms with Gasteiger partial charge >= 0.3 is 0 Å². The molecule has 0 saturated carbocycles. The Bertz CT molecular complexity index is 1030. The fourth-order valence-electron chi connectivity index (χ4n) is 2.95. The Morgan fingerprint density at radius 2 is 1.85 bits per heavy atom. The Labute approximate surface area is 164 Å². The normalized spacial score (nSPS) is 14.3. The summed E-state index contributed by atoms with van der Waals surface area (Å²) in [5.41, 5.74) is 2.94. The zero-order chi connectivity index (χ0) is 19.0. The first kappa shape index (κ1) is 17.7. The van der Waals surface area contributed by atoms with Crippen LogP contribution in [0.1, 0.15) is 10.6 Å². The molecular weight excluding hydrogens is 385 g/mol. The van der Waals surface area contributed by atoms with Gasteiger partial charge in [-0.2, -0.15) is 0 Å². The lowest BCUT2D eigenvalue weighted by molar-refractivity contribution is 0.347. The minimum Gasteiger partial charge on any atom is -0.510 e. The highest BCUT2D eigenvalue weighted by Crippen LogP contribution is 2.33. The van der Waals surface area contributed by atoms with Crippen molar-refractivity contribution in [1.82, 2.24) is 9.88 Å². The number of rotatable bonds is 4. The second kappa shape index (κ2) is 7.13. The first-order chi connectivity index (χ1) is 13.0. The Hall–Kier alpha value is -2.70. The van der Waals surface area contributed by atoms with E-state index < -0.39 is 0 Å². The fourth-order valence-corrected chi connectivity index (χ4v) is 3.97. The van der Waals surface area contributed by atoms with Gasteiger partial charge in [-0.25, -0.2) is 9.37 Å². The lowest BCUT2D eigenvalue weighted by atomic mass is 10.2. The molecule has 2 heterocycles. The van der Waals surface area contributed by atoms with E-state index in [0.717, 1.165) is 11.1 Å². The van der Waals surface area contributed by atoms with Crippen LogP contribution in [0.15, 0.2) is 59.7 Å². The van der Waals surface area contributed by atoms with Crippen LogP contribution in [0.5, 0.6) is 0 Å². The van der Waals surface area contributed by atoms with Crippen LogP contribution in [0.4, 0.5) is 4.39 Å². The van der Waals surface area contributed by atoms with Gasteiger partial charge in [0.2, 0.25) is 0 Å². The highest BCUT2D eigenvalue weighted by Gasteiger charge is 2.30. The molecule has 7 heteroatoms. The quantitative estimate of drug-likeness (QED) is 0.620. The largest absolute Gasteiger partial charge is 0.510 e. The number of thiazole rings is 1. The van der Waals surface area contributed by atoms with Crippen molar-refractivity contribution >= 4 is 34.3 Å². The maximum atomic E-state index is 13.1. The van der Waals surface area contributed by atoms with Gasteiger partial charge in [0, 0.05) is 22.5 Å². The summed E-state index contributed by atoms with van der Waals surface area (Å²) in [7, 11) is 0. The Morgan fingerprint density at radius 1 is 1.15 bits per heavy atom. The number of nitrogens with one attached hydrogen (secondary N) is 1. The minimum absolute atomic E-state index is 0.133. The molecule has 1 aliphatic rings. The number of benzene rings is 2. The molecule has 27 heavy (non-hydrogen) atoms. The maximum Gasteiger partial charge on any atom is 0.135 e. The van der Waals surface area contributed by atoms with Crippen LogP contribution in [0, 0.1) is 11.2 Å². The third-order valence-electron chi connectivity index (χ3n) is 4.33. The monoisotopic (exact) mass is 399 g/mol. The van der Waals surface area contributed by atoms with Crippen LogP contribution in [0.25, 0.3) is 16.8 Å². The van der Waals surface area contributed by atoms with E-state index in [-0.39, 0.29) is 24.0 Å². The minimum atomic E-state index is -0.301. The van der Waals surface area contributed by atoms with Crippen molar-refractivity contribution in [2.24, 2.45) is 0 Å². The first-order valence-corrected chi connectivity index (χ1v) is 9.49. The lowest BCUT2D eigenvalue weighted by Crippen LogP contribution is -2.25. The van der Waals surface area contributed by atoms with Crippen molar-refractivity contribution in [1.29, 1.82) is 5.41 Å². The molecule has 2 N–H and O–H groups in total. The van der Waals surface area contributed by atoms with Gasteiger partial charge in [-0.1, -0.05) is 23.7 Å². The van der Waals surface area contributed by atoms with Crippen molar-refractivity contribution in [3.8, 4) is 11.3 Å². The van der Waals surface area contributed by atoms with Crippen LogP contribution in [0.3, 0.4) is 0 Å². The van der Waals surface area contributed by atoms with Gasteiger partial charge in [-0.3, -0.25) is 5.41 Å². The lowest BCUT2D eigenvalue weighted by Gasteiger charge is -2.18. The summed E-state index contributed by atoms with van der Waals surface area (Å²) >= 11 is 7.27. The van der Waals surface area contributed by atoms with Crippen LogP contribution >= 0.6 is 22.9 Å². The number of aromatic nitrogens is 1. The Morgan fingerprint density at radius 3 is 2.56 bits per heavy atom. The first-order valence-electron chi connectivity index (χ1n) is 8.23. The molecule has 0 saturated heterocycles. The third kappa shape index (κ3) is 3.59. The summed E-state index contributed by atoms with van der Waals surface area (Å²) in [4.78, 5) is 6.32. The molecule has 136 valence electrons. The maximum absolute atomic E-state index is 13.1. The Kier molecular flexibility index (Phi) is 4.68. The molecule has 2 aromatic carbocycles. The molecule has 4 nitrogen and oxygen atoms in total. The molecule has 1 aliphatic heterocycles. The van der Waals surface area contributed by atoms with Crippen LogP contribution in [-0.2, 0) is 6.54 Å². The van der Waals surface area contributed by atoms with Gasteiger partial charge in [0.1, 0.15) is 22.4 Å². The van der Waals surface area contributed by atoms with E-state index in [9.17, 15) is 9.50 Å².